The minimum absolute atomic E-state index is 0.123. The third kappa shape index (κ3) is 3.61. The van der Waals surface area contributed by atoms with Gasteiger partial charge in [0.2, 0.25) is 10.0 Å². The van der Waals surface area contributed by atoms with Gasteiger partial charge in [0.25, 0.3) is 0 Å². The summed E-state index contributed by atoms with van der Waals surface area (Å²) >= 11 is 1.86. The molecule has 0 aliphatic carbocycles. The lowest BCUT2D eigenvalue weighted by Gasteiger charge is -2.36. The van der Waals surface area contributed by atoms with Crippen molar-refractivity contribution >= 4 is 21.8 Å². The number of rotatable bonds is 5. The second-order valence-electron chi connectivity index (χ2n) is 4.20. The third-order valence-electron chi connectivity index (χ3n) is 3.01. The number of sulfonamides is 1. The maximum Gasteiger partial charge on any atom is 0.214 e. The molecule has 0 radical (unpaired) electrons. The van der Waals surface area contributed by atoms with Crippen molar-refractivity contribution in [2.75, 3.05) is 31.6 Å². The van der Waals surface area contributed by atoms with E-state index in [0.29, 0.717) is 18.2 Å². The Morgan fingerprint density at radius 3 is 2.75 bits per heavy atom. The maximum absolute atomic E-state index is 12.1. The molecule has 1 heterocycles. The van der Waals surface area contributed by atoms with Crippen LogP contribution in [0.5, 0.6) is 0 Å². The molecule has 0 bridgehead atoms. The highest BCUT2D eigenvalue weighted by atomic mass is 32.2. The number of nitrogens with zero attached hydrogens (tertiary/aromatic N) is 1. The largest absolute Gasteiger partial charge is 0.320 e. The van der Waals surface area contributed by atoms with E-state index in [1.807, 2.05) is 25.7 Å². The highest BCUT2D eigenvalue weighted by Crippen LogP contribution is 2.26. The fraction of sp³-hybridized carbons (Fsp3) is 1.00. The van der Waals surface area contributed by atoms with Gasteiger partial charge in [-0.05, 0) is 26.9 Å². The Morgan fingerprint density at radius 2 is 2.12 bits per heavy atom. The van der Waals surface area contributed by atoms with Gasteiger partial charge in [-0.25, -0.2) is 8.42 Å². The van der Waals surface area contributed by atoms with Crippen LogP contribution in [-0.2, 0) is 10.0 Å². The Kier molecular flexibility index (Phi) is 5.56. The van der Waals surface area contributed by atoms with Gasteiger partial charge in [0.15, 0.2) is 0 Å². The second kappa shape index (κ2) is 6.23. The minimum Gasteiger partial charge on any atom is -0.320 e. The molecular formula is C10H22N2O2S2. The van der Waals surface area contributed by atoms with Crippen LogP contribution in [-0.4, -0.2) is 55.7 Å². The van der Waals surface area contributed by atoms with E-state index in [9.17, 15) is 8.42 Å². The van der Waals surface area contributed by atoms with Gasteiger partial charge in [-0.2, -0.15) is 16.1 Å². The van der Waals surface area contributed by atoms with E-state index in [0.717, 1.165) is 12.3 Å². The summed E-state index contributed by atoms with van der Waals surface area (Å²) in [5, 5.41) is 3.37. The molecule has 1 fully saturated rings. The van der Waals surface area contributed by atoms with Gasteiger partial charge in [0.1, 0.15) is 0 Å². The first-order chi connectivity index (χ1) is 7.49. The summed E-state index contributed by atoms with van der Waals surface area (Å²) in [6.45, 7) is 5.53. The van der Waals surface area contributed by atoms with Gasteiger partial charge >= 0.3 is 0 Å². The predicted octanol–water partition coefficient (Wildman–Crippen LogP) is 0.752. The third-order valence-corrected chi connectivity index (χ3v) is 6.38. The van der Waals surface area contributed by atoms with Crippen LogP contribution in [0.3, 0.4) is 0 Å². The molecule has 1 N–H and O–H groups in total. The van der Waals surface area contributed by atoms with E-state index < -0.39 is 10.0 Å². The van der Waals surface area contributed by atoms with Gasteiger partial charge in [-0.1, -0.05) is 6.92 Å². The van der Waals surface area contributed by atoms with Crippen molar-refractivity contribution in [2.24, 2.45) is 0 Å². The molecule has 1 saturated heterocycles. The highest BCUT2D eigenvalue weighted by Gasteiger charge is 2.33. The monoisotopic (exact) mass is 266 g/mol. The molecule has 2 atom stereocenters. The van der Waals surface area contributed by atoms with E-state index in [1.54, 1.807) is 4.31 Å². The molecule has 0 saturated carbocycles. The number of hydrogen-bond donors (Lipinski definition) is 1. The van der Waals surface area contributed by atoms with Crippen LogP contribution in [0.2, 0.25) is 0 Å². The van der Waals surface area contributed by atoms with Crippen molar-refractivity contribution in [3.05, 3.63) is 0 Å². The van der Waals surface area contributed by atoms with Crippen LogP contribution in [0, 0.1) is 0 Å². The Balaban J connectivity index is 2.59. The molecule has 0 amide bonds. The molecule has 0 aromatic rings. The lowest BCUT2D eigenvalue weighted by atomic mass is 10.2. The lowest BCUT2D eigenvalue weighted by Crippen LogP contribution is -2.48. The van der Waals surface area contributed by atoms with Crippen LogP contribution < -0.4 is 5.32 Å². The van der Waals surface area contributed by atoms with Crippen LogP contribution in [0.25, 0.3) is 0 Å². The van der Waals surface area contributed by atoms with Gasteiger partial charge in [-0.15, -0.1) is 0 Å². The highest BCUT2D eigenvalue weighted by molar-refractivity contribution is 8.00. The maximum atomic E-state index is 12.1. The van der Waals surface area contributed by atoms with Gasteiger partial charge < -0.3 is 5.32 Å². The Labute approximate surface area is 103 Å². The first kappa shape index (κ1) is 14.3. The molecule has 2 unspecified atom stereocenters. The number of hydrogen-bond acceptors (Lipinski definition) is 4. The van der Waals surface area contributed by atoms with Gasteiger partial charge in [-0.3, -0.25) is 0 Å². The summed E-state index contributed by atoms with van der Waals surface area (Å²) in [6, 6.07) is 0.123. The van der Waals surface area contributed by atoms with Crippen molar-refractivity contribution in [1.29, 1.82) is 0 Å². The van der Waals surface area contributed by atoms with E-state index in [-0.39, 0.29) is 11.8 Å². The molecule has 6 heteroatoms. The van der Waals surface area contributed by atoms with E-state index in [2.05, 4.69) is 12.2 Å². The lowest BCUT2D eigenvalue weighted by molar-refractivity contribution is 0.340. The summed E-state index contributed by atoms with van der Waals surface area (Å²) < 4.78 is 25.9. The summed E-state index contributed by atoms with van der Waals surface area (Å²) in [6.07, 6.45) is 0.684. The SMILES string of the molecule is CNCCCS(=O)(=O)N1CCSC(C)C1C. The average molecular weight is 266 g/mol. The minimum atomic E-state index is -3.06. The average Bonchev–Trinajstić information content (AvgIpc) is 2.22. The summed E-state index contributed by atoms with van der Waals surface area (Å²) in [7, 11) is -1.22. The van der Waals surface area contributed by atoms with Gasteiger partial charge in [0, 0.05) is 23.6 Å². The van der Waals surface area contributed by atoms with Crippen LogP contribution in [0.1, 0.15) is 20.3 Å². The van der Waals surface area contributed by atoms with E-state index >= 15 is 0 Å². The molecule has 1 aliphatic heterocycles. The topological polar surface area (TPSA) is 49.4 Å². The second-order valence-corrected chi connectivity index (χ2v) is 7.73. The summed E-state index contributed by atoms with van der Waals surface area (Å²) in [5.41, 5.74) is 0. The molecule has 0 aromatic carbocycles. The van der Waals surface area contributed by atoms with Crippen molar-refractivity contribution in [3.63, 3.8) is 0 Å². The smallest absolute Gasteiger partial charge is 0.214 e. The molecule has 4 nitrogen and oxygen atoms in total. The molecule has 1 aliphatic rings. The van der Waals surface area contributed by atoms with Crippen molar-refractivity contribution in [3.8, 4) is 0 Å². The number of nitrogens with one attached hydrogen (secondary N) is 1. The van der Waals surface area contributed by atoms with Crippen molar-refractivity contribution in [1.82, 2.24) is 9.62 Å². The first-order valence-corrected chi connectivity index (χ1v) is 8.40. The fourth-order valence-corrected chi connectivity index (χ4v) is 4.94. The van der Waals surface area contributed by atoms with E-state index in [4.69, 9.17) is 0 Å². The van der Waals surface area contributed by atoms with E-state index in [1.165, 1.54) is 0 Å². The Bertz CT molecular complexity index is 306. The number of thioether (sulfide) groups is 1. The zero-order valence-electron chi connectivity index (χ0n) is 10.3. The predicted molar refractivity (Wildman–Crippen MR) is 70.4 cm³/mol. The molecule has 0 aromatic heterocycles. The van der Waals surface area contributed by atoms with Crippen LogP contribution in [0.15, 0.2) is 0 Å². The van der Waals surface area contributed by atoms with Crippen molar-refractivity contribution in [2.45, 2.75) is 31.6 Å². The Morgan fingerprint density at radius 1 is 1.44 bits per heavy atom. The Hall–Kier alpha value is 0.220. The zero-order valence-corrected chi connectivity index (χ0v) is 11.9. The van der Waals surface area contributed by atoms with Crippen LogP contribution >= 0.6 is 11.8 Å². The van der Waals surface area contributed by atoms with Gasteiger partial charge in [0.05, 0.1) is 5.75 Å². The molecule has 16 heavy (non-hydrogen) atoms. The summed E-state index contributed by atoms with van der Waals surface area (Å²) in [4.78, 5) is 0. The van der Waals surface area contributed by atoms with Crippen molar-refractivity contribution < 1.29 is 8.42 Å². The van der Waals surface area contributed by atoms with Crippen LogP contribution in [0.4, 0.5) is 0 Å². The summed E-state index contributed by atoms with van der Waals surface area (Å²) in [5.74, 6) is 1.17. The molecule has 96 valence electrons. The molecular weight excluding hydrogens is 244 g/mol. The first-order valence-electron chi connectivity index (χ1n) is 5.74. The quantitative estimate of drug-likeness (QED) is 0.746. The molecule has 0 spiro atoms. The standard InChI is InChI=1S/C10H22N2O2S2/c1-9-10(2)15-7-6-12(9)16(13,14)8-4-5-11-3/h9-11H,4-8H2,1-3H3. The fourth-order valence-electron chi connectivity index (χ4n) is 1.85. The molecule has 1 rings (SSSR count). The normalized spacial score (nSPS) is 28.2. The zero-order chi connectivity index (χ0) is 12.2.